The third-order valence-corrected chi connectivity index (χ3v) is 5.49. The molecule has 3 aromatic heterocycles. The van der Waals surface area contributed by atoms with E-state index in [1.807, 2.05) is 33.0 Å². The Morgan fingerprint density at radius 3 is 2.67 bits per heavy atom. The third-order valence-electron chi connectivity index (χ3n) is 5.02. The molecule has 10 nitrogen and oxygen atoms in total. The largest absolute Gasteiger partial charge is 0.395 e. The van der Waals surface area contributed by atoms with Crippen molar-refractivity contribution in [2.75, 3.05) is 12.0 Å². The van der Waals surface area contributed by atoms with Crippen LogP contribution in [0, 0.1) is 5.41 Å². The Morgan fingerprint density at radius 2 is 2.06 bits per heavy atom. The van der Waals surface area contributed by atoms with Crippen molar-refractivity contribution >= 4 is 53.5 Å². The molecule has 0 fully saturated rings. The minimum absolute atomic E-state index is 0.0355. The smallest absolute Gasteiger partial charge is 0.204 e. The first-order valence-corrected chi connectivity index (χ1v) is 10.9. The summed E-state index contributed by atoms with van der Waals surface area (Å²) >= 11 is 12.4. The molecule has 4 rings (SSSR count). The van der Waals surface area contributed by atoms with E-state index in [9.17, 15) is 5.11 Å². The second-order valence-corrected chi connectivity index (χ2v) is 7.86. The molecule has 0 aromatic carbocycles. The number of pyridine rings is 1. The molecule has 3 heterocycles. The Balaban J connectivity index is 0.000000714. The molecule has 1 aliphatic carbocycles. The Morgan fingerprint density at radius 1 is 1.36 bits per heavy atom. The average Bonchev–Trinajstić information content (AvgIpc) is 3.34. The molecule has 12 heteroatoms. The van der Waals surface area contributed by atoms with E-state index in [4.69, 9.17) is 33.4 Å². The van der Waals surface area contributed by atoms with Gasteiger partial charge in [0.25, 0.3) is 0 Å². The second kappa shape index (κ2) is 11.7. The summed E-state index contributed by atoms with van der Waals surface area (Å²) in [6, 6.07) is 3.52. The summed E-state index contributed by atoms with van der Waals surface area (Å²) in [6.45, 7) is 5.96. The van der Waals surface area contributed by atoms with E-state index < -0.39 is 5.41 Å². The maximum absolute atomic E-state index is 10.1. The Bertz CT molecular complexity index is 1150. The molecule has 1 amide bonds. The number of aliphatic hydroxyl groups excluding tert-OH is 1. The van der Waals surface area contributed by atoms with E-state index >= 15 is 0 Å². The van der Waals surface area contributed by atoms with Crippen LogP contribution in [0.4, 0.5) is 5.82 Å². The minimum Gasteiger partial charge on any atom is -0.395 e. The van der Waals surface area contributed by atoms with Crippen LogP contribution in [-0.4, -0.2) is 50.1 Å². The summed E-state index contributed by atoms with van der Waals surface area (Å²) in [5, 5.41) is 26.0. The van der Waals surface area contributed by atoms with Crippen molar-refractivity contribution in [2.45, 2.75) is 38.5 Å². The van der Waals surface area contributed by atoms with Gasteiger partial charge in [0, 0.05) is 41.6 Å². The number of carbonyl (C=O) groups is 1. The minimum atomic E-state index is -0.506. The van der Waals surface area contributed by atoms with Gasteiger partial charge in [-0.15, -0.1) is 0 Å². The molecule has 0 saturated carbocycles. The van der Waals surface area contributed by atoms with Crippen LogP contribution in [0.2, 0.25) is 10.2 Å². The number of halogens is 2. The van der Waals surface area contributed by atoms with Gasteiger partial charge < -0.3 is 16.2 Å². The second-order valence-electron chi connectivity index (χ2n) is 7.07. The van der Waals surface area contributed by atoms with Crippen molar-refractivity contribution in [1.82, 2.24) is 19.6 Å². The number of aliphatic hydroxyl groups is 1. The number of primary amides is 1. The number of rotatable bonds is 5. The molecular weight excluding hydrogens is 467 g/mol. The number of nitrogens with zero attached hydrogens (tertiary/aromatic N) is 5. The van der Waals surface area contributed by atoms with Crippen molar-refractivity contribution in [3.05, 3.63) is 51.5 Å². The SMILES string of the molecule is CC.CC1(CO)CC(c2cnc(N/N=C\C=N)c(Cl)c2)c2cnc3cc(Cl)nn3c21.NC=O. The lowest BCUT2D eigenvalue weighted by Gasteiger charge is -2.23. The van der Waals surface area contributed by atoms with E-state index in [0.717, 1.165) is 23.0 Å². The summed E-state index contributed by atoms with van der Waals surface area (Å²) < 4.78 is 1.71. The molecule has 2 unspecified atom stereocenters. The molecule has 3 aromatic rings. The number of nitrogens with one attached hydrogen (secondary N) is 2. The van der Waals surface area contributed by atoms with E-state index in [0.29, 0.717) is 28.1 Å². The molecule has 5 N–H and O–H groups in total. The fraction of sp³-hybridized carbons (Fsp3) is 0.333. The van der Waals surface area contributed by atoms with Gasteiger partial charge >= 0.3 is 0 Å². The summed E-state index contributed by atoms with van der Waals surface area (Å²) in [7, 11) is 0. The standard InChI is InChI=1S/C18H17Cl2N7O.C2H6.CH3NO/c1-18(9-28)6-11(10-4-13(19)17(23-7-10)25-24-3-2-21)12-8-22-15-5-14(20)26-27(15)16(12)18;1-2;2-1-3/h2-5,7-8,11,21,28H,6,9H2,1H3,(H,23,25);1-2H3;1H,(H2,2,3)/b21-2?,24-3-;;. The predicted octanol–water partition coefficient (Wildman–Crippen LogP) is 3.39. The number of anilines is 1. The first kappa shape index (κ1) is 26.2. The van der Waals surface area contributed by atoms with Crippen LogP contribution in [-0.2, 0) is 10.2 Å². The molecule has 0 aliphatic heterocycles. The molecule has 176 valence electrons. The molecule has 2 atom stereocenters. The zero-order valence-electron chi connectivity index (χ0n) is 18.5. The highest BCUT2D eigenvalue weighted by Gasteiger charge is 2.43. The number of nitrogens with two attached hydrogens (primary N) is 1. The number of hydrazone groups is 1. The number of hydrogen-bond acceptors (Lipinski definition) is 8. The average molecular weight is 493 g/mol. The van der Waals surface area contributed by atoms with E-state index in [1.54, 1.807) is 16.8 Å². The van der Waals surface area contributed by atoms with E-state index in [2.05, 4.69) is 31.3 Å². The van der Waals surface area contributed by atoms with Gasteiger partial charge in [0.15, 0.2) is 16.6 Å². The van der Waals surface area contributed by atoms with Crippen LogP contribution in [0.15, 0.2) is 29.6 Å². The lowest BCUT2D eigenvalue weighted by atomic mass is 9.86. The molecule has 0 radical (unpaired) electrons. The highest BCUT2D eigenvalue weighted by atomic mass is 35.5. The normalized spacial score (nSPS) is 18.7. The van der Waals surface area contributed by atoms with Crippen LogP contribution in [0.1, 0.15) is 49.9 Å². The van der Waals surface area contributed by atoms with Gasteiger partial charge in [0.2, 0.25) is 6.41 Å². The number of aromatic nitrogens is 4. The van der Waals surface area contributed by atoms with Crippen LogP contribution in [0.3, 0.4) is 0 Å². The van der Waals surface area contributed by atoms with Crippen molar-refractivity contribution in [3.8, 4) is 0 Å². The first-order chi connectivity index (χ1) is 15.9. The van der Waals surface area contributed by atoms with Gasteiger partial charge in [-0.25, -0.2) is 14.5 Å². The van der Waals surface area contributed by atoms with Gasteiger partial charge in [-0.3, -0.25) is 10.2 Å². The Kier molecular flexibility index (Phi) is 9.27. The molecule has 0 saturated heterocycles. The van der Waals surface area contributed by atoms with Gasteiger partial charge in [0.1, 0.15) is 0 Å². The number of amides is 1. The third kappa shape index (κ3) is 5.47. The lowest BCUT2D eigenvalue weighted by molar-refractivity contribution is -0.106. The van der Waals surface area contributed by atoms with E-state index in [-0.39, 0.29) is 18.9 Å². The first-order valence-electron chi connectivity index (χ1n) is 10.1. The fourth-order valence-electron chi connectivity index (χ4n) is 3.73. The van der Waals surface area contributed by atoms with Crippen molar-refractivity contribution < 1.29 is 9.90 Å². The van der Waals surface area contributed by atoms with Gasteiger partial charge in [-0.05, 0) is 18.1 Å². The molecule has 33 heavy (non-hydrogen) atoms. The topological polar surface area (TPSA) is 155 Å². The van der Waals surface area contributed by atoms with Gasteiger partial charge in [0.05, 0.1) is 23.5 Å². The summed E-state index contributed by atoms with van der Waals surface area (Å²) in [5.41, 5.74) is 9.77. The summed E-state index contributed by atoms with van der Waals surface area (Å²) in [6.07, 6.45) is 6.79. The van der Waals surface area contributed by atoms with Crippen LogP contribution < -0.4 is 11.2 Å². The van der Waals surface area contributed by atoms with Crippen molar-refractivity contribution in [3.63, 3.8) is 0 Å². The maximum Gasteiger partial charge on any atom is 0.204 e. The van der Waals surface area contributed by atoms with Crippen LogP contribution in [0.5, 0.6) is 0 Å². The summed E-state index contributed by atoms with van der Waals surface area (Å²) in [4.78, 5) is 17.4. The highest BCUT2D eigenvalue weighted by Crippen LogP contribution is 2.48. The molecule has 0 spiro atoms. The Hall–Kier alpha value is -3.08. The summed E-state index contributed by atoms with van der Waals surface area (Å²) in [5.74, 6) is 0.357. The molecular formula is C21H26Cl2N8O2. The molecule has 0 bridgehead atoms. The predicted molar refractivity (Wildman–Crippen MR) is 131 cm³/mol. The van der Waals surface area contributed by atoms with Gasteiger partial charge in [-0.1, -0.05) is 44.0 Å². The quantitative estimate of drug-likeness (QED) is 0.243. The van der Waals surface area contributed by atoms with Crippen molar-refractivity contribution in [1.29, 1.82) is 5.41 Å². The van der Waals surface area contributed by atoms with Crippen molar-refractivity contribution in [2.24, 2.45) is 10.8 Å². The zero-order chi connectivity index (χ0) is 24.6. The van der Waals surface area contributed by atoms with Crippen LogP contribution >= 0.6 is 23.2 Å². The number of hydrogen-bond donors (Lipinski definition) is 4. The van der Waals surface area contributed by atoms with E-state index in [1.165, 1.54) is 6.21 Å². The Labute approximate surface area is 201 Å². The number of fused-ring (bicyclic) bond motifs is 3. The monoisotopic (exact) mass is 492 g/mol. The van der Waals surface area contributed by atoms with Gasteiger partial charge in [-0.2, -0.15) is 10.2 Å². The highest BCUT2D eigenvalue weighted by molar-refractivity contribution is 6.33. The fourth-order valence-corrected chi connectivity index (χ4v) is 4.12. The zero-order valence-corrected chi connectivity index (χ0v) is 20.0. The maximum atomic E-state index is 10.1. The van der Waals surface area contributed by atoms with Crippen LogP contribution in [0.25, 0.3) is 5.65 Å². The molecule has 1 aliphatic rings. The lowest BCUT2D eigenvalue weighted by Crippen LogP contribution is -2.26. The number of carbonyl (C=O) groups excluding carboxylic acids is 1.